The van der Waals surface area contributed by atoms with Crippen LogP contribution in [0.4, 0.5) is 0 Å². The van der Waals surface area contributed by atoms with Crippen molar-refractivity contribution in [1.82, 2.24) is 4.68 Å². The summed E-state index contributed by atoms with van der Waals surface area (Å²) in [7, 11) is 0. The van der Waals surface area contributed by atoms with E-state index in [4.69, 9.17) is 0 Å². The van der Waals surface area contributed by atoms with Gasteiger partial charge in [-0.25, -0.2) is 0 Å². The summed E-state index contributed by atoms with van der Waals surface area (Å²) in [5, 5.41) is 0. The first kappa shape index (κ1) is 7.73. The summed E-state index contributed by atoms with van der Waals surface area (Å²) in [5.41, 5.74) is 0.0211. The van der Waals surface area contributed by atoms with Crippen LogP contribution >= 0.6 is 0 Å². The van der Waals surface area contributed by atoms with Crippen molar-refractivity contribution in [2.24, 2.45) is 0 Å². The van der Waals surface area contributed by atoms with Crippen molar-refractivity contribution in [3.8, 4) is 0 Å². The van der Waals surface area contributed by atoms with Gasteiger partial charge in [0.25, 0.3) is 0 Å². The van der Waals surface area contributed by atoms with E-state index in [0.717, 1.165) is 0 Å². The molecule has 0 aromatic carbocycles. The van der Waals surface area contributed by atoms with Crippen molar-refractivity contribution in [1.29, 1.82) is 0 Å². The Morgan fingerprint density at radius 1 is 1.00 bits per heavy atom. The monoisotopic (exact) mass is 173 g/mol. The molecule has 0 aliphatic carbocycles. The van der Waals surface area contributed by atoms with Gasteiger partial charge in [0.15, 0.2) is 17.8 Å². The second-order valence-electron chi connectivity index (χ2n) is 2.67. The minimum absolute atomic E-state index is 0.0211. The summed E-state index contributed by atoms with van der Waals surface area (Å²) in [6, 6.07) is 8.86. The van der Waals surface area contributed by atoms with Gasteiger partial charge in [-0.15, -0.1) is 4.68 Å². The van der Waals surface area contributed by atoms with Gasteiger partial charge in [0, 0.05) is 24.3 Å². The summed E-state index contributed by atoms with van der Waals surface area (Å²) >= 11 is 0. The lowest BCUT2D eigenvalue weighted by molar-refractivity contribution is -0.728. The molecule has 2 aromatic rings. The molecule has 0 N–H and O–H groups in total. The molecule has 0 unspecified atom stereocenters. The molecule has 0 bridgehead atoms. The zero-order valence-corrected chi connectivity index (χ0v) is 7.00. The zero-order chi connectivity index (χ0) is 9.10. The highest BCUT2D eigenvalue weighted by atomic mass is 16.1. The van der Waals surface area contributed by atoms with Crippen molar-refractivity contribution in [3.05, 3.63) is 65.3 Å². The molecule has 3 heteroatoms. The van der Waals surface area contributed by atoms with Crippen LogP contribution in [0.2, 0.25) is 0 Å². The third kappa shape index (κ3) is 1.64. The number of aromatic nitrogens is 2. The smallest absolute Gasteiger partial charge is 0.200 e. The van der Waals surface area contributed by atoms with Crippen molar-refractivity contribution in [3.63, 3.8) is 0 Å². The Labute approximate surface area is 75.5 Å². The fourth-order valence-corrected chi connectivity index (χ4v) is 1.10. The maximum absolute atomic E-state index is 10.8. The van der Waals surface area contributed by atoms with Gasteiger partial charge in [-0.1, -0.05) is 10.7 Å². The van der Waals surface area contributed by atoms with Gasteiger partial charge in [-0.2, -0.15) is 0 Å². The predicted octanol–water partition coefficient (Wildman–Crippen LogP) is 0.447. The van der Waals surface area contributed by atoms with E-state index in [9.17, 15) is 4.79 Å². The lowest BCUT2D eigenvalue weighted by Crippen LogP contribution is -2.40. The second kappa shape index (κ2) is 3.23. The van der Waals surface area contributed by atoms with E-state index in [0.29, 0.717) is 0 Å². The molecule has 0 amide bonds. The van der Waals surface area contributed by atoms with Crippen LogP contribution in [-0.2, 0) is 0 Å². The van der Waals surface area contributed by atoms with Crippen LogP contribution in [0.25, 0.3) is 0 Å². The van der Waals surface area contributed by atoms with E-state index in [2.05, 4.69) is 0 Å². The first-order valence-electron chi connectivity index (χ1n) is 4.01. The van der Waals surface area contributed by atoms with Gasteiger partial charge < -0.3 is 0 Å². The van der Waals surface area contributed by atoms with Crippen LogP contribution in [0.1, 0.15) is 0 Å². The van der Waals surface area contributed by atoms with Gasteiger partial charge in [0.05, 0.1) is 12.4 Å². The maximum atomic E-state index is 10.8. The summed E-state index contributed by atoms with van der Waals surface area (Å²) in [6.07, 6.45) is 7.26. The van der Waals surface area contributed by atoms with Gasteiger partial charge >= 0.3 is 0 Å². The molecule has 2 rings (SSSR count). The lowest BCUT2D eigenvalue weighted by atomic mass is 10.5. The number of rotatable bonds is 1. The third-order valence-corrected chi connectivity index (χ3v) is 1.75. The van der Waals surface area contributed by atoms with Crippen molar-refractivity contribution < 1.29 is 4.68 Å². The average Bonchev–Trinajstić information content (AvgIpc) is 2.20. The Bertz CT molecular complexity index is 427. The van der Waals surface area contributed by atoms with E-state index in [1.165, 1.54) is 12.1 Å². The first-order chi connectivity index (χ1) is 6.36. The predicted molar refractivity (Wildman–Crippen MR) is 48.1 cm³/mol. The topological polar surface area (TPSA) is 25.9 Å². The van der Waals surface area contributed by atoms with Gasteiger partial charge in [0.2, 0.25) is 0 Å². The molecule has 2 heterocycles. The highest BCUT2D eigenvalue weighted by molar-refractivity contribution is 4.92. The quantitative estimate of drug-likeness (QED) is 0.575. The van der Waals surface area contributed by atoms with E-state index in [1.807, 2.05) is 39.9 Å². The Kier molecular flexibility index (Phi) is 1.92. The van der Waals surface area contributed by atoms with E-state index >= 15 is 0 Å². The van der Waals surface area contributed by atoms with Crippen LogP contribution in [0.5, 0.6) is 0 Å². The molecule has 13 heavy (non-hydrogen) atoms. The molecule has 64 valence electrons. The summed E-state index contributed by atoms with van der Waals surface area (Å²) < 4.78 is 3.70. The Morgan fingerprint density at radius 2 is 1.62 bits per heavy atom. The second-order valence-corrected chi connectivity index (χ2v) is 2.67. The highest BCUT2D eigenvalue weighted by Gasteiger charge is 1.96. The van der Waals surface area contributed by atoms with Crippen molar-refractivity contribution in [2.75, 3.05) is 0 Å². The third-order valence-electron chi connectivity index (χ3n) is 1.75. The molecule has 0 saturated heterocycles. The van der Waals surface area contributed by atoms with Gasteiger partial charge in [-0.05, 0) is 0 Å². The summed E-state index contributed by atoms with van der Waals surface area (Å²) in [4.78, 5) is 10.8. The minimum Gasteiger partial charge on any atom is -0.290 e. The molecule has 0 aliphatic heterocycles. The number of pyridine rings is 2. The van der Waals surface area contributed by atoms with Crippen LogP contribution in [0.3, 0.4) is 0 Å². The van der Waals surface area contributed by atoms with Gasteiger partial charge in [0.1, 0.15) is 0 Å². The van der Waals surface area contributed by atoms with Crippen molar-refractivity contribution in [2.45, 2.75) is 0 Å². The lowest BCUT2D eigenvalue weighted by Gasteiger charge is -1.96. The Morgan fingerprint density at radius 3 is 2.23 bits per heavy atom. The standard InChI is InChI=1S/C10H9N2O/c13-10-4-8-12(9-5-10)11-6-2-1-3-7-11/h1-9H/q+1. The van der Waals surface area contributed by atoms with Crippen LogP contribution in [0.15, 0.2) is 59.9 Å². The highest BCUT2D eigenvalue weighted by Crippen LogP contribution is 1.80. The number of hydrogen-bond acceptors (Lipinski definition) is 1. The average molecular weight is 173 g/mol. The number of nitrogens with zero attached hydrogens (tertiary/aromatic N) is 2. The van der Waals surface area contributed by atoms with Crippen LogP contribution in [0, 0.1) is 0 Å². The molecule has 0 radical (unpaired) electrons. The normalized spacial score (nSPS) is 9.85. The SMILES string of the molecule is O=c1ccn(-[n+]2ccccc2)cc1. The fraction of sp³-hybridized carbons (Fsp3) is 0. The zero-order valence-electron chi connectivity index (χ0n) is 7.00. The van der Waals surface area contributed by atoms with Crippen LogP contribution < -0.4 is 10.1 Å². The molecular formula is C10H9N2O+. The van der Waals surface area contributed by atoms with Crippen molar-refractivity contribution >= 4 is 0 Å². The summed E-state index contributed by atoms with van der Waals surface area (Å²) in [6.45, 7) is 0. The Hall–Kier alpha value is -1.90. The van der Waals surface area contributed by atoms with E-state index in [1.54, 1.807) is 12.4 Å². The van der Waals surface area contributed by atoms with E-state index < -0.39 is 0 Å². The minimum atomic E-state index is 0.0211. The molecule has 2 aromatic heterocycles. The fourth-order valence-electron chi connectivity index (χ4n) is 1.10. The molecule has 0 aliphatic rings. The molecule has 0 spiro atoms. The molecule has 0 saturated carbocycles. The molecule has 0 atom stereocenters. The molecule has 0 fully saturated rings. The molecular weight excluding hydrogens is 164 g/mol. The number of hydrogen-bond donors (Lipinski definition) is 0. The molecule has 3 nitrogen and oxygen atoms in total. The van der Waals surface area contributed by atoms with E-state index in [-0.39, 0.29) is 5.43 Å². The Balaban J connectivity index is 2.48. The largest absolute Gasteiger partial charge is 0.290 e. The van der Waals surface area contributed by atoms with Crippen LogP contribution in [-0.4, -0.2) is 4.68 Å². The maximum Gasteiger partial charge on any atom is 0.200 e. The summed E-state index contributed by atoms with van der Waals surface area (Å²) in [5.74, 6) is 0. The van der Waals surface area contributed by atoms with Gasteiger partial charge in [-0.3, -0.25) is 4.79 Å². The first-order valence-corrected chi connectivity index (χ1v) is 4.01.